The maximum atomic E-state index is 4.50. The molecule has 5 nitrogen and oxygen atoms in total. The maximum Gasteiger partial charge on any atom is 0.191 e. The molecule has 164 valence electrons. The third kappa shape index (κ3) is 7.63. The predicted molar refractivity (Wildman–Crippen MR) is 131 cm³/mol. The summed E-state index contributed by atoms with van der Waals surface area (Å²) in [5, 5.41) is 7.32. The number of nitrogens with zero attached hydrogens (tertiary/aromatic N) is 3. The van der Waals surface area contributed by atoms with Crippen LogP contribution in [0.3, 0.4) is 0 Å². The van der Waals surface area contributed by atoms with Crippen LogP contribution < -0.4 is 10.6 Å². The molecule has 3 aliphatic rings. The quantitative estimate of drug-likeness (QED) is 0.329. The molecule has 28 heavy (non-hydrogen) atoms. The largest absolute Gasteiger partial charge is 0.356 e. The average molecular weight is 506 g/mol. The Balaban J connectivity index is 0.00000280. The second-order valence-electron chi connectivity index (χ2n) is 9.51. The van der Waals surface area contributed by atoms with E-state index in [1.807, 2.05) is 7.05 Å². The van der Waals surface area contributed by atoms with E-state index in [0.717, 1.165) is 30.4 Å². The van der Waals surface area contributed by atoms with Crippen molar-refractivity contribution in [2.75, 3.05) is 46.3 Å². The van der Waals surface area contributed by atoms with Crippen molar-refractivity contribution in [3.05, 3.63) is 0 Å². The molecule has 1 saturated carbocycles. The van der Waals surface area contributed by atoms with Gasteiger partial charge in [-0.2, -0.15) is 0 Å². The highest BCUT2D eigenvalue weighted by atomic mass is 127. The summed E-state index contributed by atoms with van der Waals surface area (Å²) >= 11 is 0. The van der Waals surface area contributed by atoms with Crippen LogP contribution >= 0.6 is 24.0 Å². The van der Waals surface area contributed by atoms with Gasteiger partial charge in [-0.25, -0.2) is 0 Å². The number of piperidine rings is 2. The smallest absolute Gasteiger partial charge is 0.191 e. The molecule has 2 saturated heterocycles. The van der Waals surface area contributed by atoms with Gasteiger partial charge in [-0.1, -0.05) is 26.7 Å². The van der Waals surface area contributed by atoms with Crippen LogP contribution in [0.4, 0.5) is 0 Å². The molecule has 0 amide bonds. The number of guanidine groups is 1. The molecule has 0 aromatic carbocycles. The lowest BCUT2D eigenvalue weighted by Gasteiger charge is -2.37. The lowest BCUT2D eigenvalue weighted by atomic mass is 9.97. The summed E-state index contributed by atoms with van der Waals surface area (Å²) in [5.74, 6) is 2.52. The van der Waals surface area contributed by atoms with Crippen molar-refractivity contribution in [3.8, 4) is 0 Å². The zero-order valence-corrected chi connectivity index (χ0v) is 20.8. The first-order chi connectivity index (χ1) is 13.1. The highest BCUT2D eigenvalue weighted by Gasteiger charge is 2.27. The summed E-state index contributed by atoms with van der Waals surface area (Å²) in [6.45, 7) is 12.0. The van der Waals surface area contributed by atoms with E-state index in [0.29, 0.717) is 6.04 Å². The first-order valence-electron chi connectivity index (χ1n) is 11.6. The van der Waals surface area contributed by atoms with E-state index in [9.17, 15) is 0 Å². The van der Waals surface area contributed by atoms with Crippen molar-refractivity contribution in [1.29, 1.82) is 0 Å². The van der Waals surface area contributed by atoms with Crippen molar-refractivity contribution in [2.45, 2.75) is 77.3 Å². The minimum atomic E-state index is 0. The van der Waals surface area contributed by atoms with Gasteiger partial charge in [0.2, 0.25) is 0 Å². The molecule has 1 aliphatic carbocycles. The Bertz CT molecular complexity index is 456. The standard InChI is InChI=1S/C22H43N5.HI/c1-18(2)16-26-12-6-7-19(17-26)15-24-22(23-3)25-20-10-13-27(14-11-20)21-8-4-5-9-21;/h18-21H,4-17H2,1-3H3,(H2,23,24,25);1H. The molecule has 0 aromatic heterocycles. The van der Waals surface area contributed by atoms with E-state index < -0.39 is 0 Å². The van der Waals surface area contributed by atoms with Crippen LogP contribution in [0.1, 0.15) is 65.2 Å². The molecular formula is C22H44IN5. The van der Waals surface area contributed by atoms with Crippen LogP contribution in [0.5, 0.6) is 0 Å². The number of aliphatic imine (C=N–C) groups is 1. The van der Waals surface area contributed by atoms with Gasteiger partial charge in [-0.15, -0.1) is 24.0 Å². The van der Waals surface area contributed by atoms with E-state index in [1.165, 1.54) is 84.1 Å². The summed E-state index contributed by atoms with van der Waals surface area (Å²) in [6.07, 6.45) is 10.9. The van der Waals surface area contributed by atoms with Crippen molar-refractivity contribution in [1.82, 2.24) is 20.4 Å². The van der Waals surface area contributed by atoms with Crippen LogP contribution in [0.25, 0.3) is 0 Å². The van der Waals surface area contributed by atoms with Gasteiger partial charge in [0, 0.05) is 51.9 Å². The van der Waals surface area contributed by atoms with Crippen molar-refractivity contribution in [3.63, 3.8) is 0 Å². The van der Waals surface area contributed by atoms with E-state index >= 15 is 0 Å². The molecule has 6 heteroatoms. The summed E-state index contributed by atoms with van der Waals surface area (Å²) in [5.41, 5.74) is 0. The fourth-order valence-corrected chi connectivity index (χ4v) is 5.31. The molecule has 0 aromatic rings. The van der Waals surface area contributed by atoms with Gasteiger partial charge in [0.1, 0.15) is 0 Å². The number of rotatable bonds is 6. The van der Waals surface area contributed by atoms with Gasteiger partial charge < -0.3 is 20.4 Å². The minimum Gasteiger partial charge on any atom is -0.356 e. The lowest BCUT2D eigenvalue weighted by Crippen LogP contribution is -2.51. The van der Waals surface area contributed by atoms with Gasteiger partial charge in [0.25, 0.3) is 0 Å². The number of hydrogen-bond acceptors (Lipinski definition) is 3. The molecule has 2 aliphatic heterocycles. The van der Waals surface area contributed by atoms with E-state index in [4.69, 9.17) is 0 Å². The van der Waals surface area contributed by atoms with E-state index in [1.54, 1.807) is 0 Å². The second-order valence-corrected chi connectivity index (χ2v) is 9.51. The van der Waals surface area contributed by atoms with Crippen LogP contribution in [-0.4, -0.2) is 74.2 Å². The first-order valence-corrected chi connectivity index (χ1v) is 11.6. The maximum absolute atomic E-state index is 4.50. The fourth-order valence-electron chi connectivity index (χ4n) is 5.31. The van der Waals surface area contributed by atoms with Crippen molar-refractivity contribution >= 4 is 29.9 Å². The Hall–Kier alpha value is -0.0800. The zero-order valence-electron chi connectivity index (χ0n) is 18.5. The molecule has 3 fully saturated rings. The van der Waals surface area contributed by atoms with Crippen molar-refractivity contribution in [2.24, 2.45) is 16.8 Å². The number of likely N-dealkylation sites (tertiary alicyclic amines) is 2. The number of nitrogens with one attached hydrogen (secondary N) is 2. The Morgan fingerprint density at radius 3 is 2.36 bits per heavy atom. The third-order valence-corrected chi connectivity index (χ3v) is 6.72. The minimum absolute atomic E-state index is 0. The predicted octanol–water partition coefficient (Wildman–Crippen LogP) is 3.54. The van der Waals surface area contributed by atoms with Crippen molar-refractivity contribution < 1.29 is 0 Å². The summed E-state index contributed by atoms with van der Waals surface area (Å²) in [6, 6.07) is 1.46. The van der Waals surface area contributed by atoms with Gasteiger partial charge >= 0.3 is 0 Å². The highest BCUT2D eigenvalue weighted by molar-refractivity contribution is 14.0. The summed E-state index contributed by atoms with van der Waals surface area (Å²) in [7, 11) is 1.91. The first kappa shape index (κ1) is 24.2. The lowest BCUT2D eigenvalue weighted by molar-refractivity contribution is 0.149. The highest BCUT2D eigenvalue weighted by Crippen LogP contribution is 2.26. The zero-order chi connectivity index (χ0) is 19.1. The van der Waals surface area contributed by atoms with E-state index in [2.05, 4.69) is 39.3 Å². The Morgan fingerprint density at radius 2 is 1.71 bits per heavy atom. The Labute approximate surface area is 190 Å². The molecule has 2 N–H and O–H groups in total. The van der Waals surface area contributed by atoms with E-state index in [-0.39, 0.29) is 24.0 Å². The van der Waals surface area contributed by atoms with Gasteiger partial charge in [0.15, 0.2) is 5.96 Å². The van der Waals surface area contributed by atoms with Gasteiger partial charge in [-0.3, -0.25) is 4.99 Å². The van der Waals surface area contributed by atoms with Crippen LogP contribution in [0, 0.1) is 11.8 Å². The molecular weight excluding hydrogens is 461 g/mol. The molecule has 0 bridgehead atoms. The third-order valence-electron chi connectivity index (χ3n) is 6.72. The average Bonchev–Trinajstić information content (AvgIpc) is 3.20. The normalized spacial score (nSPS) is 26.4. The van der Waals surface area contributed by atoms with Crippen LogP contribution in [0.2, 0.25) is 0 Å². The fraction of sp³-hybridized carbons (Fsp3) is 0.955. The number of halogens is 1. The molecule has 1 unspecified atom stereocenters. The Morgan fingerprint density at radius 1 is 1.00 bits per heavy atom. The molecule has 3 rings (SSSR count). The molecule has 1 atom stereocenters. The van der Waals surface area contributed by atoms with Crippen LogP contribution in [-0.2, 0) is 0 Å². The SMILES string of the molecule is CN=C(NCC1CCCN(CC(C)C)C1)NC1CCN(C2CCCC2)CC1.I. The summed E-state index contributed by atoms with van der Waals surface area (Å²) < 4.78 is 0. The topological polar surface area (TPSA) is 42.9 Å². The number of hydrogen-bond donors (Lipinski definition) is 2. The molecule has 0 radical (unpaired) electrons. The summed E-state index contributed by atoms with van der Waals surface area (Å²) in [4.78, 5) is 9.89. The molecule has 0 spiro atoms. The monoisotopic (exact) mass is 505 g/mol. The van der Waals surface area contributed by atoms with Gasteiger partial charge in [0.05, 0.1) is 0 Å². The Kier molecular flexibility index (Phi) is 10.9. The van der Waals surface area contributed by atoms with Crippen LogP contribution in [0.15, 0.2) is 4.99 Å². The molecule has 2 heterocycles. The van der Waals surface area contributed by atoms with Gasteiger partial charge in [-0.05, 0) is 56.9 Å². The second kappa shape index (κ2) is 12.6.